The van der Waals surface area contributed by atoms with Crippen LogP contribution < -0.4 is 4.74 Å². The van der Waals surface area contributed by atoms with E-state index in [2.05, 4.69) is 243 Å². The molecule has 0 aromatic heterocycles. The SMILES string of the molecule is C(=Cc1ccc(Oc2ccc(C=Cc3ccccc3)c(C=Cc3ccccc3)c2C=Cc2ccccc2)c(C=Cc2ccccc2)c1C=Cc1ccccc1)c1ccccc1.Cl. The molecule has 0 aliphatic carbocycles. The van der Waals surface area contributed by atoms with Crippen LogP contribution in [0.2, 0.25) is 0 Å². The lowest BCUT2D eigenvalue weighted by molar-refractivity contribution is 0.480. The zero-order valence-electron chi connectivity index (χ0n) is 34.4. The van der Waals surface area contributed by atoms with E-state index in [1.54, 1.807) is 0 Å². The molecule has 8 aromatic rings. The highest BCUT2D eigenvalue weighted by Crippen LogP contribution is 2.38. The van der Waals surface area contributed by atoms with Gasteiger partial charge in [0.05, 0.1) is 0 Å². The summed E-state index contributed by atoms with van der Waals surface area (Å²) in [6.45, 7) is 0. The van der Waals surface area contributed by atoms with Crippen molar-refractivity contribution in [3.63, 3.8) is 0 Å². The molecule has 0 spiro atoms. The fourth-order valence-electron chi connectivity index (χ4n) is 7.04. The van der Waals surface area contributed by atoms with Crippen LogP contribution in [0.4, 0.5) is 0 Å². The first kappa shape index (κ1) is 42.4. The monoisotopic (exact) mass is 818 g/mol. The molecule has 0 aliphatic rings. The minimum atomic E-state index is 0. The number of benzene rings is 8. The van der Waals surface area contributed by atoms with Gasteiger partial charge < -0.3 is 4.74 Å². The van der Waals surface area contributed by atoms with Gasteiger partial charge in [-0.2, -0.15) is 0 Å². The summed E-state index contributed by atoms with van der Waals surface area (Å²) in [6.07, 6.45) is 26.2. The Kier molecular flexibility index (Phi) is 15.1. The minimum Gasteiger partial charge on any atom is -0.456 e. The Labute approximate surface area is 372 Å². The van der Waals surface area contributed by atoms with Crippen LogP contribution in [0.3, 0.4) is 0 Å². The molecule has 0 N–H and O–H groups in total. The molecule has 0 saturated heterocycles. The van der Waals surface area contributed by atoms with E-state index in [1.807, 2.05) is 36.4 Å². The van der Waals surface area contributed by atoms with E-state index in [4.69, 9.17) is 4.74 Å². The molecule has 300 valence electrons. The summed E-state index contributed by atoms with van der Waals surface area (Å²) in [7, 11) is 0. The highest BCUT2D eigenvalue weighted by molar-refractivity contribution is 5.90. The summed E-state index contributed by atoms with van der Waals surface area (Å²) in [5.74, 6) is 1.49. The van der Waals surface area contributed by atoms with Gasteiger partial charge in [-0.25, -0.2) is 0 Å². The Morgan fingerprint density at radius 2 is 0.435 bits per heavy atom. The predicted octanol–water partition coefficient (Wildman–Crippen LogP) is 16.9. The largest absolute Gasteiger partial charge is 0.456 e. The van der Waals surface area contributed by atoms with Crippen molar-refractivity contribution >= 4 is 85.3 Å². The Bertz CT molecular complexity index is 2620. The van der Waals surface area contributed by atoms with Crippen LogP contribution in [-0.4, -0.2) is 0 Å². The third-order valence-corrected chi connectivity index (χ3v) is 10.3. The first-order valence-corrected chi connectivity index (χ1v) is 20.7. The number of hydrogen-bond donors (Lipinski definition) is 0. The van der Waals surface area contributed by atoms with E-state index in [1.165, 1.54) is 0 Å². The first-order chi connectivity index (χ1) is 30.2. The third kappa shape index (κ3) is 11.7. The van der Waals surface area contributed by atoms with Crippen LogP contribution in [0.25, 0.3) is 72.9 Å². The van der Waals surface area contributed by atoms with Crippen molar-refractivity contribution in [2.45, 2.75) is 0 Å². The lowest BCUT2D eigenvalue weighted by Gasteiger charge is -2.18. The average Bonchev–Trinajstić information content (AvgIpc) is 3.33. The smallest absolute Gasteiger partial charge is 0.135 e. The summed E-state index contributed by atoms with van der Waals surface area (Å²) in [5.41, 5.74) is 12.9. The second kappa shape index (κ2) is 22.1. The molecule has 0 atom stereocenters. The molecule has 8 rings (SSSR count). The molecule has 62 heavy (non-hydrogen) atoms. The molecular formula is C60H47ClO. The van der Waals surface area contributed by atoms with Crippen LogP contribution >= 0.6 is 12.4 Å². The van der Waals surface area contributed by atoms with E-state index >= 15 is 0 Å². The van der Waals surface area contributed by atoms with Crippen molar-refractivity contribution in [1.29, 1.82) is 0 Å². The number of hydrogen-bond acceptors (Lipinski definition) is 1. The van der Waals surface area contributed by atoms with Crippen molar-refractivity contribution < 1.29 is 4.74 Å². The Morgan fingerprint density at radius 3 is 0.694 bits per heavy atom. The number of rotatable bonds is 14. The second-order valence-electron chi connectivity index (χ2n) is 14.5. The van der Waals surface area contributed by atoms with Crippen LogP contribution in [0, 0.1) is 0 Å². The predicted molar refractivity (Wildman–Crippen MR) is 272 cm³/mol. The maximum absolute atomic E-state index is 7.22. The normalized spacial score (nSPS) is 11.7. The van der Waals surface area contributed by atoms with E-state index in [9.17, 15) is 0 Å². The van der Waals surface area contributed by atoms with Crippen molar-refractivity contribution in [2.24, 2.45) is 0 Å². The third-order valence-electron chi connectivity index (χ3n) is 10.3. The highest BCUT2D eigenvalue weighted by Gasteiger charge is 2.16. The molecule has 0 fully saturated rings. The highest BCUT2D eigenvalue weighted by atomic mass is 35.5. The van der Waals surface area contributed by atoms with E-state index in [-0.39, 0.29) is 12.4 Å². The minimum absolute atomic E-state index is 0. The molecule has 1 nitrogen and oxygen atoms in total. The zero-order chi connectivity index (χ0) is 41.3. The van der Waals surface area contributed by atoms with Gasteiger partial charge in [0.1, 0.15) is 11.5 Å². The maximum atomic E-state index is 7.22. The van der Waals surface area contributed by atoms with Gasteiger partial charge in [0.25, 0.3) is 0 Å². The molecular weight excluding hydrogens is 772 g/mol. The van der Waals surface area contributed by atoms with Crippen LogP contribution in [0.15, 0.2) is 206 Å². The van der Waals surface area contributed by atoms with Crippen LogP contribution in [0.1, 0.15) is 66.8 Å². The molecule has 0 saturated carbocycles. The van der Waals surface area contributed by atoms with E-state index < -0.39 is 0 Å². The second-order valence-corrected chi connectivity index (χ2v) is 14.5. The van der Waals surface area contributed by atoms with Gasteiger partial charge in [0.15, 0.2) is 0 Å². The molecule has 0 bridgehead atoms. The average molecular weight is 819 g/mol. The summed E-state index contributed by atoms with van der Waals surface area (Å²) >= 11 is 0. The maximum Gasteiger partial charge on any atom is 0.135 e. The Balaban J connectivity index is 0.00000578. The van der Waals surface area contributed by atoms with Crippen molar-refractivity contribution in [3.05, 3.63) is 273 Å². The van der Waals surface area contributed by atoms with Gasteiger partial charge in [-0.1, -0.05) is 267 Å². The van der Waals surface area contributed by atoms with Crippen molar-refractivity contribution in [3.8, 4) is 11.5 Å². The Morgan fingerprint density at radius 1 is 0.210 bits per heavy atom. The molecule has 0 unspecified atom stereocenters. The summed E-state index contributed by atoms with van der Waals surface area (Å²) in [4.78, 5) is 0. The van der Waals surface area contributed by atoms with E-state index in [0.717, 1.165) is 78.3 Å². The molecule has 8 aromatic carbocycles. The van der Waals surface area contributed by atoms with Gasteiger partial charge in [-0.15, -0.1) is 12.4 Å². The molecule has 0 radical (unpaired) electrons. The van der Waals surface area contributed by atoms with Gasteiger partial charge in [-0.05, 0) is 67.8 Å². The van der Waals surface area contributed by atoms with Crippen LogP contribution in [0.5, 0.6) is 11.5 Å². The number of halogens is 1. The van der Waals surface area contributed by atoms with Gasteiger partial charge in [0, 0.05) is 11.1 Å². The standard InChI is InChI=1S/C60H46O.ClH/c1-7-19-47(20-8-1)31-37-53-39-45-59(57(43-35-51-27-15-5-16-28-51)55(53)41-33-49-23-11-3-12-24-49)61-60-46-40-54(38-32-48-21-9-2-10-22-48)56(42-34-50-25-13-4-14-26-50)58(60)44-36-52-29-17-6-18-30-52;/h1-46H;1H. The fraction of sp³-hybridized carbons (Fsp3) is 0. The van der Waals surface area contributed by atoms with Gasteiger partial charge >= 0.3 is 0 Å². The van der Waals surface area contributed by atoms with Gasteiger partial charge in [-0.3, -0.25) is 0 Å². The fourth-order valence-corrected chi connectivity index (χ4v) is 7.04. The first-order valence-electron chi connectivity index (χ1n) is 20.7. The quantitative estimate of drug-likeness (QED) is 0.0993. The Hall–Kier alpha value is -7.71. The zero-order valence-corrected chi connectivity index (χ0v) is 35.2. The lowest BCUT2D eigenvalue weighted by atomic mass is 9.95. The summed E-state index contributed by atoms with van der Waals surface area (Å²) in [6, 6.07) is 71.0. The van der Waals surface area contributed by atoms with Crippen molar-refractivity contribution in [1.82, 2.24) is 0 Å². The topological polar surface area (TPSA) is 9.23 Å². The summed E-state index contributed by atoms with van der Waals surface area (Å²) in [5, 5.41) is 0. The summed E-state index contributed by atoms with van der Waals surface area (Å²) < 4.78 is 7.22. The molecule has 0 amide bonds. The van der Waals surface area contributed by atoms with Crippen molar-refractivity contribution in [2.75, 3.05) is 0 Å². The van der Waals surface area contributed by atoms with Gasteiger partial charge in [0.2, 0.25) is 0 Å². The van der Waals surface area contributed by atoms with Crippen LogP contribution in [-0.2, 0) is 0 Å². The molecule has 0 aliphatic heterocycles. The molecule has 2 heteroatoms. The number of ether oxygens (including phenoxy) is 1. The molecule has 0 heterocycles. The lowest BCUT2D eigenvalue weighted by Crippen LogP contribution is -1.97. The van der Waals surface area contributed by atoms with E-state index in [0.29, 0.717) is 0 Å².